The first kappa shape index (κ1) is 16.8. The summed E-state index contributed by atoms with van der Waals surface area (Å²) in [5, 5.41) is 8.91. The lowest BCUT2D eigenvalue weighted by atomic mass is 9.77. The molecule has 1 saturated heterocycles. The van der Waals surface area contributed by atoms with Crippen LogP contribution in [0, 0.1) is 12.3 Å². The Morgan fingerprint density at radius 3 is 2.83 bits per heavy atom. The van der Waals surface area contributed by atoms with E-state index in [0.717, 1.165) is 54.6 Å². The maximum absolute atomic E-state index is 10.8. The molecule has 1 aromatic carbocycles. The zero-order valence-corrected chi connectivity index (χ0v) is 15.1. The fourth-order valence-electron chi connectivity index (χ4n) is 3.98. The fraction of sp³-hybridized carbons (Fsp3) is 0.611. The van der Waals surface area contributed by atoms with Crippen molar-refractivity contribution in [1.29, 1.82) is 0 Å². The van der Waals surface area contributed by atoms with Gasteiger partial charge in [0, 0.05) is 10.0 Å². The van der Waals surface area contributed by atoms with Crippen LogP contribution in [0.4, 0.5) is 0 Å². The molecular weight excluding hydrogens is 358 g/mol. The van der Waals surface area contributed by atoms with Crippen molar-refractivity contribution in [3.8, 4) is 5.75 Å². The van der Waals surface area contributed by atoms with Crippen molar-refractivity contribution in [2.75, 3.05) is 19.6 Å². The van der Waals surface area contributed by atoms with E-state index in [1.165, 1.54) is 6.42 Å². The molecule has 2 aliphatic rings. The summed E-state index contributed by atoms with van der Waals surface area (Å²) >= 11 is 3.56. The van der Waals surface area contributed by atoms with Crippen LogP contribution in [0.1, 0.15) is 37.7 Å². The second-order valence-corrected chi connectivity index (χ2v) is 7.87. The van der Waals surface area contributed by atoms with E-state index < -0.39 is 5.97 Å². The topological polar surface area (TPSA) is 49.8 Å². The molecule has 4 nitrogen and oxygen atoms in total. The van der Waals surface area contributed by atoms with Crippen molar-refractivity contribution < 1.29 is 14.6 Å². The molecule has 1 spiro atoms. The van der Waals surface area contributed by atoms with Crippen LogP contribution in [0.5, 0.6) is 5.75 Å². The average Bonchev–Trinajstić information content (AvgIpc) is 2.89. The molecule has 0 bridgehead atoms. The van der Waals surface area contributed by atoms with Crippen molar-refractivity contribution in [2.24, 2.45) is 5.41 Å². The summed E-state index contributed by atoms with van der Waals surface area (Å²) in [4.78, 5) is 12.9. The van der Waals surface area contributed by atoms with Gasteiger partial charge in [-0.05, 0) is 69.7 Å². The van der Waals surface area contributed by atoms with Gasteiger partial charge in [-0.3, -0.25) is 9.69 Å². The summed E-state index contributed by atoms with van der Waals surface area (Å²) in [5.74, 6) is 0.253. The first-order chi connectivity index (χ1) is 11.0. The standard InChI is InChI=1S/C18H24BrNO3/c1-13-15(19)3-2-4-16(13)23-14-5-6-18(11-14)7-9-20(10-8-18)12-17(21)22/h2-4,14H,5-12H2,1H3,(H,21,22)/t14-/m0/s1. The molecule has 1 heterocycles. The van der Waals surface area contributed by atoms with Gasteiger partial charge in [0.05, 0.1) is 12.6 Å². The average molecular weight is 382 g/mol. The van der Waals surface area contributed by atoms with Crippen molar-refractivity contribution in [3.05, 3.63) is 28.2 Å². The number of rotatable bonds is 4. The van der Waals surface area contributed by atoms with E-state index in [4.69, 9.17) is 9.84 Å². The van der Waals surface area contributed by atoms with Gasteiger partial charge >= 0.3 is 5.97 Å². The minimum Gasteiger partial charge on any atom is -0.490 e. The van der Waals surface area contributed by atoms with E-state index in [0.29, 0.717) is 5.41 Å². The first-order valence-electron chi connectivity index (χ1n) is 8.33. The van der Waals surface area contributed by atoms with Gasteiger partial charge in [0.1, 0.15) is 5.75 Å². The number of piperidine rings is 1. The Kier molecular flexibility index (Phi) is 4.97. The molecule has 1 saturated carbocycles. The third-order valence-corrected chi connectivity index (χ3v) is 6.30. The van der Waals surface area contributed by atoms with Crippen LogP contribution in [-0.4, -0.2) is 41.7 Å². The molecule has 0 aromatic heterocycles. The lowest BCUT2D eigenvalue weighted by Crippen LogP contribution is -2.41. The Labute approximate surface area is 145 Å². The molecule has 1 aliphatic carbocycles. The number of carboxylic acid groups (broad SMARTS) is 1. The van der Waals surface area contributed by atoms with Crippen molar-refractivity contribution in [2.45, 2.75) is 45.1 Å². The van der Waals surface area contributed by atoms with Gasteiger partial charge in [-0.25, -0.2) is 0 Å². The first-order valence-corrected chi connectivity index (χ1v) is 9.13. The van der Waals surface area contributed by atoms with Crippen molar-refractivity contribution >= 4 is 21.9 Å². The third kappa shape index (κ3) is 3.89. The van der Waals surface area contributed by atoms with E-state index in [9.17, 15) is 4.79 Å². The summed E-state index contributed by atoms with van der Waals surface area (Å²) in [6.07, 6.45) is 5.88. The number of likely N-dealkylation sites (tertiary alicyclic amines) is 1. The zero-order valence-electron chi connectivity index (χ0n) is 13.6. The Balaban J connectivity index is 1.57. The van der Waals surface area contributed by atoms with E-state index >= 15 is 0 Å². The Bertz CT molecular complexity index is 582. The van der Waals surface area contributed by atoms with Gasteiger partial charge < -0.3 is 9.84 Å². The minimum absolute atomic E-state index is 0.174. The number of carbonyl (C=O) groups is 1. The second kappa shape index (κ2) is 6.81. The quantitative estimate of drug-likeness (QED) is 0.859. The van der Waals surface area contributed by atoms with Crippen LogP contribution >= 0.6 is 15.9 Å². The number of halogens is 1. The number of nitrogens with zero attached hydrogens (tertiary/aromatic N) is 1. The molecule has 5 heteroatoms. The molecule has 2 fully saturated rings. The summed E-state index contributed by atoms with van der Waals surface area (Å²) in [5.41, 5.74) is 1.52. The summed E-state index contributed by atoms with van der Waals surface area (Å²) < 4.78 is 7.36. The predicted molar refractivity (Wildman–Crippen MR) is 92.9 cm³/mol. The largest absolute Gasteiger partial charge is 0.490 e. The molecule has 1 aromatic rings. The molecule has 126 valence electrons. The van der Waals surface area contributed by atoms with Crippen LogP contribution in [0.2, 0.25) is 0 Å². The summed E-state index contributed by atoms with van der Waals surface area (Å²) in [6.45, 7) is 4.05. The van der Waals surface area contributed by atoms with Gasteiger partial charge in [0.2, 0.25) is 0 Å². The number of aliphatic carboxylic acids is 1. The maximum atomic E-state index is 10.8. The van der Waals surface area contributed by atoms with E-state index in [-0.39, 0.29) is 12.6 Å². The lowest BCUT2D eigenvalue weighted by molar-refractivity contribution is -0.138. The number of hydrogen-bond acceptors (Lipinski definition) is 3. The van der Waals surface area contributed by atoms with Crippen LogP contribution in [0.3, 0.4) is 0 Å². The lowest BCUT2D eigenvalue weighted by Gasteiger charge is -2.38. The third-order valence-electron chi connectivity index (χ3n) is 5.44. The molecule has 0 amide bonds. The summed E-state index contributed by atoms with van der Waals surface area (Å²) in [7, 11) is 0. The van der Waals surface area contributed by atoms with Gasteiger partial charge in [-0.15, -0.1) is 0 Å². The highest BCUT2D eigenvalue weighted by Crippen LogP contribution is 2.47. The highest BCUT2D eigenvalue weighted by atomic mass is 79.9. The number of benzene rings is 1. The van der Waals surface area contributed by atoms with Crippen LogP contribution in [0.15, 0.2) is 22.7 Å². The SMILES string of the molecule is Cc1c(Br)cccc1O[C@H]1CCC2(CCN(CC(=O)O)CC2)C1. The highest BCUT2D eigenvalue weighted by molar-refractivity contribution is 9.10. The molecular formula is C18H24BrNO3. The van der Waals surface area contributed by atoms with Crippen LogP contribution in [0.25, 0.3) is 0 Å². The number of ether oxygens (including phenoxy) is 1. The molecule has 23 heavy (non-hydrogen) atoms. The molecule has 1 N–H and O–H groups in total. The monoisotopic (exact) mass is 381 g/mol. The molecule has 0 radical (unpaired) electrons. The minimum atomic E-state index is -0.723. The fourth-order valence-corrected chi connectivity index (χ4v) is 4.33. The van der Waals surface area contributed by atoms with Crippen LogP contribution < -0.4 is 4.74 Å². The molecule has 1 atom stereocenters. The van der Waals surface area contributed by atoms with E-state index in [2.05, 4.69) is 27.8 Å². The van der Waals surface area contributed by atoms with Gasteiger partial charge in [0.25, 0.3) is 0 Å². The zero-order chi connectivity index (χ0) is 16.4. The van der Waals surface area contributed by atoms with E-state index in [1.807, 2.05) is 18.2 Å². The smallest absolute Gasteiger partial charge is 0.317 e. The Morgan fingerprint density at radius 1 is 1.39 bits per heavy atom. The number of hydrogen-bond donors (Lipinski definition) is 1. The van der Waals surface area contributed by atoms with Gasteiger partial charge in [0.15, 0.2) is 0 Å². The van der Waals surface area contributed by atoms with Gasteiger partial charge in [-0.1, -0.05) is 22.0 Å². The molecule has 3 rings (SSSR count). The van der Waals surface area contributed by atoms with Crippen LogP contribution in [-0.2, 0) is 4.79 Å². The maximum Gasteiger partial charge on any atom is 0.317 e. The predicted octanol–water partition coefficient (Wildman–Crippen LogP) is 3.86. The highest BCUT2D eigenvalue weighted by Gasteiger charge is 2.42. The molecule has 1 aliphatic heterocycles. The van der Waals surface area contributed by atoms with Gasteiger partial charge in [-0.2, -0.15) is 0 Å². The number of carboxylic acids is 1. The normalized spacial score (nSPS) is 24.0. The second-order valence-electron chi connectivity index (χ2n) is 7.02. The summed E-state index contributed by atoms with van der Waals surface area (Å²) in [6, 6.07) is 6.10. The Hall–Kier alpha value is -1.07. The van der Waals surface area contributed by atoms with Crippen molar-refractivity contribution in [1.82, 2.24) is 4.90 Å². The van der Waals surface area contributed by atoms with E-state index in [1.54, 1.807) is 0 Å². The van der Waals surface area contributed by atoms with Crippen molar-refractivity contribution in [3.63, 3.8) is 0 Å². The molecule has 0 unspecified atom stereocenters. The Morgan fingerprint density at radius 2 is 2.13 bits per heavy atom.